The number of benzene rings is 1. The lowest BCUT2D eigenvalue weighted by molar-refractivity contribution is -0.129. The van der Waals surface area contributed by atoms with E-state index in [4.69, 9.17) is 12.2 Å². The number of thiocarbonyl (C=S) groups is 1. The van der Waals surface area contributed by atoms with Crippen LogP contribution < -0.4 is 15.5 Å². The van der Waals surface area contributed by atoms with E-state index in [-0.39, 0.29) is 11.8 Å². The Morgan fingerprint density at radius 1 is 1.17 bits per heavy atom. The smallest absolute Gasteiger partial charge is 0.226 e. The largest absolute Gasteiger partial charge is 0.366 e. The van der Waals surface area contributed by atoms with Crippen molar-refractivity contribution in [3.8, 4) is 0 Å². The van der Waals surface area contributed by atoms with Crippen molar-refractivity contribution < 1.29 is 9.59 Å². The van der Waals surface area contributed by atoms with Crippen LogP contribution >= 0.6 is 12.2 Å². The van der Waals surface area contributed by atoms with Gasteiger partial charge in [0, 0.05) is 39.5 Å². The number of hydrogen-bond acceptors (Lipinski definition) is 4. The molecule has 0 unspecified atom stereocenters. The molecule has 24 heavy (non-hydrogen) atoms. The van der Waals surface area contributed by atoms with Crippen LogP contribution in [0.5, 0.6) is 0 Å². The zero-order valence-electron chi connectivity index (χ0n) is 14.2. The summed E-state index contributed by atoms with van der Waals surface area (Å²) in [4.78, 5) is 27.2. The van der Waals surface area contributed by atoms with E-state index in [2.05, 4.69) is 15.5 Å². The first-order valence-corrected chi connectivity index (χ1v) is 8.62. The second kappa shape index (κ2) is 8.63. The molecule has 1 heterocycles. The number of carbonyl (C=O) groups is 2. The molecular weight excluding hydrogens is 324 g/mol. The van der Waals surface area contributed by atoms with Crippen LogP contribution in [-0.2, 0) is 9.59 Å². The first-order valence-electron chi connectivity index (χ1n) is 8.21. The van der Waals surface area contributed by atoms with Crippen molar-refractivity contribution in [1.29, 1.82) is 0 Å². The Balaban J connectivity index is 2.01. The molecule has 0 atom stereocenters. The highest BCUT2D eigenvalue weighted by Crippen LogP contribution is 2.26. The summed E-state index contributed by atoms with van der Waals surface area (Å²) in [5.41, 5.74) is 1.88. The van der Waals surface area contributed by atoms with Gasteiger partial charge >= 0.3 is 0 Å². The highest BCUT2D eigenvalue weighted by atomic mass is 32.1. The standard InChI is InChI=1S/C17H24N4O2S/c1-3-6-16(23)19-17(24)18-14-7-4-5-8-15(14)21-11-9-20(10-12-21)13(2)22/h4-5,7-8H,3,6,9-12H2,1-2H3,(H2,18,19,23,24). The minimum atomic E-state index is -0.0810. The lowest BCUT2D eigenvalue weighted by Gasteiger charge is -2.36. The lowest BCUT2D eigenvalue weighted by Crippen LogP contribution is -2.48. The number of para-hydroxylation sites is 2. The van der Waals surface area contributed by atoms with Gasteiger partial charge in [0.25, 0.3) is 0 Å². The highest BCUT2D eigenvalue weighted by molar-refractivity contribution is 7.80. The molecule has 0 radical (unpaired) electrons. The topological polar surface area (TPSA) is 64.7 Å². The van der Waals surface area contributed by atoms with Gasteiger partial charge in [-0.1, -0.05) is 19.1 Å². The third kappa shape index (κ3) is 4.92. The van der Waals surface area contributed by atoms with E-state index in [1.807, 2.05) is 36.1 Å². The lowest BCUT2D eigenvalue weighted by atomic mass is 10.2. The molecule has 2 rings (SSSR count). The van der Waals surface area contributed by atoms with Crippen molar-refractivity contribution in [3.63, 3.8) is 0 Å². The maximum atomic E-state index is 11.6. The molecule has 1 aliphatic rings. The Kier molecular flexibility index (Phi) is 6.54. The van der Waals surface area contributed by atoms with E-state index < -0.39 is 0 Å². The van der Waals surface area contributed by atoms with Crippen LogP contribution in [0.4, 0.5) is 11.4 Å². The molecule has 0 aromatic heterocycles. The van der Waals surface area contributed by atoms with Gasteiger partial charge in [-0.15, -0.1) is 0 Å². The molecule has 6 nitrogen and oxygen atoms in total. The van der Waals surface area contributed by atoms with Crippen LogP contribution in [-0.4, -0.2) is 48.0 Å². The van der Waals surface area contributed by atoms with E-state index in [9.17, 15) is 9.59 Å². The zero-order chi connectivity index (χ0) is 17.5. The molecule has 1 aromatic rings. The van der Waals surface area contributed by atoms with Crippen LogP contribution in [0.25, 0.3) is 0 Å². The van der Waals surface area contributed by atoms with Crippen molar-refractivity contribution >= 4 is 40.5 Å². The monoisotopic (exact) mass is 348 g/mol. The van der Waals surface area contributed by atoms with Crippen molar-refractivity contribution in [2.75, 3.05) is 36.4 Å². The summed E-state index contributed by atoms with van der Waals surface area (Å²) in [7, 11) is 0. The van der Waals surface area contributed by atoms with Gasteiger partial charge in [-0.05, 0) is 30.8 Å². The van der Waals surface area contributed by atoms with Crippen LogP contribution in [0.2, 0.25) is 0 Å². The molecule has 2 amide bonds. The Bertz CT molecular complexity index is 612. The maximum absolute atomic E-state index is 11.6. The molecule has 0 aliphatic carbocycles. The predicted octanol–water partition coefficient (Wildman–Crippen LogP) is 1.97. The minimum Gasteiger partial charge on any atom is -0.366 e. The first kappa shape index (κ1) is 18.2. The highest BCUT2D eigenvalue weighted by Gasteiger charge is 2.20. The summed E-state index contributed by atoms with van der Waals surface area (Å²) < 4.78 is 0. The SMILES string of the molecule is CCCC(=O)NC(=S)Nc1ccccc1N1CCN(C(C)=O)CC1. The first-order chi connectivity index (χ1) is 11.5. The van der Waals surface area contributed by atoms with Crippen molar-refractivity contribution in [2.45, 2.75) is 26.7 Å². The Morgan fingerprint density at radius 3 is 2.46 bits per heavy atom. The molecule has 1 saturated heterocycles. The molecule has 1 aliphatic heterocycles. The van der Waals surface area contributed by atoms with Crippen LogP contribution in [0.1, 0.15) is 26.7 Å². The van der Waals surface area contributed by atoms with E-state index in [1.54, 1.807) is 6.92 Å². The average molecular weight is 348 g/mol. The number of nitrogens with one attached hydrogen (secondary N) is 2. The van der Waals surface area contributed by atoms with Gasteiger partial charge in [0.15, 0.2) is 5.11 Å². The number of piperazine rings is 1. The maximum Gasteiger partial charge on any atom is 0.226 e. The average Bonchev–Trinajstić information content (AvgIpc) is 2.55. The Morgan fingerprint density at radius 2 is 1.83 bits per heavy atom. The summed E-state index contributed by atoms with van der Waals surface area (Å²) in [6.45, 7) is 6.51. The fourth-order valence-corrected chi connectivity index (χ4v) is 2.91. The van der Waals surface area contributed by atoms with E-state index in [0.717, 1.165) is 30.9 Å². The molecule has 1 aromatic carbocycles. The molecule has 0 spiro atoms. The number of nitrogens with zero attached hydrogens (tertiary/aromatic N) is 2. The second-order valence-electron chi connectivity index (χ2n) is 5.76. The molecule has 7 heteroatoms. The summed E-state index contributed by atoms with van der Waals surface area (Å²) in [6.07, 6.45) is 1.24. The van der Waals surface area contributed by atoms with Gasteiger partial charge < -0.3 is 20.4 Å². The molecule has 2 N–H and O–H groups in total. The summed E-state index contributed by atoms with van der Waals surface area (Å²) >= 11 is 5.23. The molecule has 0 saturated carbocycles. The van der Waals surface area contributed by atoms with E-state index in [1.165, 1.54) is 0 Å². The van der Waals surface area contributed by atoms with Crippen molar-refractivity contribution in [1.82, 2.24) is 10.2 Å². The molecule has 0 bridgehead atoms. The van der Waals surface area contributed by atoms with E-state index >= 15 is 0 Å². The predicted molar refractivity (Wildman–Crippen MR) is 100 cm³/mol. The van der Waals surface area contributed by atoms with Gasteiger partial charge in [-0.2, -0.15) is 0 Å². The van der Waals surface area contributed by atoms with Gasteiger partial charge in [-0.25, -0.2) is 0 Å². The van der Waals surface area contributed by atoms with E-state index in [0.29, 0.717) is 24.6 Å². The molecule has 130 valence electrons. The quantitative estimate of drug-likeness (QED) is 0.815. The van der Waals surface area contributed by atoms with Crippen LogP contribution in [0.3, 0.4) is 0 Å². The number of rotatable bonds is 4. The Hall–Kier alpha value is -2.15. The zero-order valence-corrected chi connectivity index (χ0v) is 15.0. The number of anilines is 2. The number of hydrogen-bond donors (Lipinski definition) is 2. The second-order valence-corrected chi connectivity index (χ2v) is 6.17. The summed E-state index contributed by atoms with van der Waals surface area (Å²) in [5, 5.41) is 6.11. The van der Waals surface area contributed by atoms with Crippen molar-refractivity contribution in [3.05, 3.63) is 24.3 Å². The van der Waals surface area contributed by atoms with Crippen LogP contribution in [0, 0.1) is 0 Å². The normalized spacial score (nSPS) is 14.2. The van der Waals surface area contributed by atoms with Gasteiger partial charge in [-0.3, -0.25) is 9.59 Å². The Labute approximate surface area is 148 Å². The number of carbonyl (C=O) groups excluding carboxylic acids is 2. The fraction of sp³-hybridized carbons (Fsp3) is 0.471. The third-order valence-electron chi connectivity index (χ3n) is 3.95. The molecule has 1 fully saturated rings. The number of amides is 2. The summed E-state index contributed by atoms with van der Waals surface area (Å²) in [6, 6.07) is 7.85. The summed E-state index contributed by atoms with van der Waals surface area (Å²) in [5.74, 6) is 0.0310. The third-order valence-corrected chi connectivity index (χ3v) is 4.15. The van der Waals surface area contributed by atoms with Gasteiger partial charge in [0.2, 0.25) is 11.8 Å². The van der Waals surface area contributed by atoms with Crippen molar-refractivity contribution in [2.24, 2.45) is 0 Å². The van der Waals surface area contributed by atoms with Gasteiger partial charge in [0.1, 0.15) is 0 Å². The van der Waals surface area contributed by atoms with Crippen LogP contribution in [0.15, 0.2) is 24.3 Å². The molecular formula is C17H24N4O2S. The van der Waals surface area contributed by atoms with Gasteiger partial charge in [0.05, 0.1) is 11.4 Å². The minimum absolute atomic E-state index is 0.0810. The fourth-order valence-electron chi connectivity index (χ4n) is 2.69.